The van der Waals surface area contributed by atoms with E-state index in [0.717, 1.165) is 22.4 Å². The van der Waals surface area contributed by atoms with E-state index in [4.69, 9.17) is 16.9 Å². The summed E-state index contributed by atoms with van der Waals surface area (Å²) in [5, 5.41) is 13.0. The Bertz CT molecular complexity index is 1490. The number of nitrogens with zero attached hydrogens (tertiary/aromatic N) is 3. The molecule has 0 saturated heterocycles. The van der Waals surface area contributed by atoms with E-state index in [1.807, 2.05) is 32.0 Å². The molecule has 1 amide bonds. The second kappa shape index (κ2) is 10.1. The molecular formula is C26H21ClN4O2S. The highest BCUT2D eigenvalue weighted by molar-refractivity contribution is 7.99. The Kier molecular flexibility index (Phi) is 7.01. The molecule has 0 aliphatic carbocycles. The zero-order valence-electron chi connectivity index (χ0n) is 18.6. The van der Waals surface area contributed by atoms with Gasteiger partial charge in [0, 0.05) is 10.7 Å². The van der Waals surface area contributed by atoms with Crippen LogP contribution in [0.25, 0.3) is 16.6 Å². The Labute approximate surface area is 206 Å². The van der Waals surface area contributed by atoms with Gasteiger partial charge in [0.05, 0.1) is 34.8 Å². The van der Waals surface area contributed by atoms with Crippen molar-refractivity contribution in [3.8, 4) is 11.8 Å². The van der Waals surface area contributed by atoms with Crippen molar-refractivity contribution in [3.05, 3.63) is 92.7 Å². The summed E-state index contributed by atoms with van der Waals surface area (Å²) in [5.41, 5.74) is 4.52. The van der Waals surface area contributed by atoms with Crippen LogP contribution < -0.4 is 10.9 Å². The van der Waals surface area contributed by atoms with Crippen LogP contribution in [0.1, 0.15) is 16.7 Å². The van der Waals surface area contributed by atoms with Gasteiger partial charge in [-0.1, -0.05) is 47.6 Å². The van der Waals surface area contributed by atoms with Gasteiger partial charge in [0.1, 0.15) is 0 Å². The summed E-state index contributed by atoms with van der Waals surface area (Å²) in [7, 11) is 0. The summed E-state index contributed by atoms with van der Waals surface area (Å²) in [6, 6.07) is 20.0. The number of halogens is 1. The van der Waals surface area contributed by atoms with Crippen molar-refractivity contribution in [1.82, 2.24) is 9.55 Å². The molecule has 1 aromatic heterocycles. The highest BCUT2D eigenvalue weighted by Gasteiger charge is 2.17. The third kappa shape index (κ3) is 4.98. The highest BCUT2D eigenvalue weighted by atomic mass is 35.5. The van der Waals surface area contributed by atoms with E-state index in [0.29, 0.717) is 33.2 Å². The van der Waals surface area contributed by atoms with Crippen molar-refractivity contribution in [3.63, 3.8) is 0 Å². The van der Waals surface area contributed by atoms with Crippen molar-refractivity contribution >= 4 is 45.9 Å². The summed E-state index contributed by atoms with van der Waals surface area (Å²) in [4.78, 5) is 30.8. The Balaban J connectivity index is 1.67. The van der Waals surface area contributed by atoms with E-state index >= 15 is 0 Å². The van der Waals surface area contributed by atoms with Gasteiger partial charge in [-0.3, -0.25) is 14.2 Å². The van der Waals surface area contributed by atoms with Crippen molar-refractivity contribution in [2.75, 3.05) is 11.1 Å². The second-order valence-electron chi connectivity index (χ2n) is 7.78. The highest BCUT2D eigenvalue weighted by Crippen LogP contribution is 2.26. The maximum absolute atomic E-state index is 13.5. The summed E-state index contributed by atoms with van der Waals surface area (Å²) >= 11 is 7.32. The van der Waals surface area contributed by atoms with Gasteiger partial charge in [0.2, 0.25) is 5.91 Å². The maximum Gasteiger partial charge on any atom is 0.266 e. The van der Waals surface area contributed by atoms with Gasteiger partial charge in [-0.2, -0.15) is 5.26 Å². The molecule has 0 unspecified atom stereocenters. The lowest BCUT2D eigenvalue weighted by Crippen LogP contribution is -2.23. The summed E-state index contributed by atoms with van der Waals surface area (Å²) < 4.78 is 1.56. The van der Waals surface area contributed by atoms with Crippen LogP contribution >= 0.6 is 23.4 Å². The van der Waals surface area contributed by atoms with Crippen molar-refractivity contribution < 1.29 is 4.79 Å². The number of benzene rings is 3. The van der Waals surface area contributed by atoms with Gasteiger partial charge in [0.15, 0.2) is 5.16 Å². The molecule has 0 bridgehead atoms. The molecule has 170 valence electrons. The lowest BCUT2D eigenvalue weighted by molar-refractivity contribution is -0.113. The molecule has 4 rings (SSSR count). The van der Waals surface area contributed by atoms with Crippen LogP contribution in [0.3, 0.4) is 0 Å². The van der Waals surface area contributed by atoms with Gasteiger partial charge >= 0.3 is 0 Å². The minimum Gasteiger partial charge on any atom is -0.325 e. The number of anilines is 1. The Morgan fingerprint density at radius 3 is 2.65 bits per heavy atom. The van der Waals surface area contributed by atoms with Crippen molar-refractivity contribution in [1.29, 1.82) is 5.26 Å². The molecule has 0 aliphatic heterocycles. The molecule has 4 aromatic rings. The number of carbonyl (C=O) groups is 1. The van der Waals surface area contributed by atoms with E-state index in [1.165, 1.54) is 11.8 Å². The lowest BCUT2D eigenvalue weighted by Gasteiger charge is -2.16. The van der Waals surface area contributed by atoms with Gasteiger partial charge < -0.3 is 5.32 Å². The molecule has 0 aliphatic rings. The van der Waals surface area contributed by atoms with Gasteiger partial charge in [-0.25, -0.2) is 4.98 Å². The number of fused-ring (bicyclic) bond motifs is 1. The fourth-order valence-corrected chi connectivity index (χ4v) is 4.52. The third-order valence-corrected chi connectivity index (χ3v) is 6.64. The molecule has 1 N–H and O–H groups in total. The number of hydrogen-bond acceptors (Lipinski definition) is 5. The van der Waals surface area contributed by atoms with Crippen LogP contribution in [0, 0.1) is 25.2 Å². The van der Waals surface area contributed by atoms with E-state index < -0.39 is 0 Å². The maximum atomic E-state index is 13.5. The quantitative estimate of drug-likeness (QED) is 0.288. The van der Waals surface area contributed by atoms with Crippen LogP contribution in [0.4, 0.5) is 5.69 Å². The minimum atomic E-state index is -0.231. The number of nitriles is 1. The molecule has 0 radical (unpaired) electrons. The monoisotopic (exact) mass is 488 g/mol. The standard InChI is InChI=1S/C26H21ClN4O2S/c1-16-4-3-5-23(17(16)2)31-25(33)21-11-8-19(27)14-22(21)30-26(31)34-15-24(32)29-20-9-6-18(7-10-20)12-13-28/h3-11,14H,12,15H2,1-2H3,(H,29,32). The summed E-state index contributed by atoms with van der Waals surface area (Å²) in [6.07, 6.45) is 0.317. The second-order valence-corrected chi connectivity index (χ2v) is 9.16. The first-order valence-electron chi connectivity index (χ1n) is 10.5. The number of aromatic nitrogens is 2. The summed E-state index contributed by atoms with van der Waals surface area (Å²) in [6.45, 7) is 3.95. The fraction of sp³-hybridized carbons (Fsp3) is 0.154. The smallest absolute Gasteiger partial charge is 0.266 e. The number of amides is 1. The van der Waals surface area contributed by atoms with E-state index in [-0.39, 0.29) is 17.2 Å². The molecule has 1 heterocycles. The first-order valence-corrected chi connectivity index (χ1v) is 11.9. The summed E-state index contributed by atoms with van der Waals surface area (Å²) in [5.74, 6) is -0.172. The minimum absolute atomic E-state index is 0.0589. The van der Waals surface area contributed by atoms with Crippen molar-refractivity contribution in [2.24, 2.45) is 0 Å². The molecule has 34 heavy (non-hydrogen) atoms. The normalized spacial score (nSPS) is 10.8. The van der Waals surface area contributed by atoms with E-state index in [9.17, 15) is 9.59 Å². The Morgan fingerprint density at radius 1 is 1.15 bits per heavy atom. The number of thioether (sulfide) groups is 1. The number of carbonyl (C=O) groups excluding carboxylic acids is 1. The molecule has 3 aromatic carbocycles. The number of aryl methyl sites for hydroxylation is 1. The van der Waals surface area contributed by atoms with Gasteiger partial charge in [-0.15, -0.1) is 0 Å². The van der Waals surface area contributed by atoms with Crippen LogP contribution in [0.5, 0.6) is 0 Å². The number of hydrogen-bond donors (Lipinski definition) is 1. The molecule has 8 heteroatoms. The molecule has 0 atom stereocenters. The predicted molar refractivity (Wildman–Crippen MR) is 137 cm³/mol. The molecule has 0 fully saturated rings. The van der Waals surface area contributed by atoms with Crippen molar-refractivity contribution in [2.45, 2.75) is 25.4 Å². The zero-order valence-corrected chi connectivity index (χ0v) is 20.2. The van der Waals surface area contributed by atoms with Gasteiger partial charge in [0.25, 0.3) is 5.56 Å². The van der Waals surface area contributed by atoms with Crippen LogP contribution in [0.2, 0.25) is 5.02 Å². The zero-order chi connectivity index (χ0) is 24.2. The predicted octanol–water partition coefficient (Wildman–Crippen LogP) is 5.45. The Morgan fingerprint density at radius 2 is 1.91 bits per heavy atom. The molecule has 6 nitrogen and oxygen atoms in total. The molecule has 0 spiro atoms. The third-order valence-electron chi connectivity index (χ3n) is 5.47. The SMILES string of the molecule is Cc1cccc(-n2c(SCC(=O)Nc3ccc(CC#N)cc3)nc3cc(Cl)ccc3c2=O)c1C. The van der Waals surface area contributed by atoms with E-state index in [2.05, 4.69) is 16.4 Å². The molecular weight excluding hydrogens is 468 g/mol. The Hall–Kier alpha value is -3.60. The van der Waals surface area contributed by atoms with Gasteiger partial charge in [-0.05, 0) is 66.9 Å². The average molecular weight is 489 g/mol. The largest absolute Gasteiger partial charge is 0.325 e. The van der Waals surface area contributed by atoms with Crippen LogP contribution in [0.15, 0.2) is 70.6 Å². The first kappa shape index (κ1) is 23.6. The van der Waals surface area contributed by atoms with E-state index in [1.54, 1.807) is 47.0 Å². The van der Waals surface area contributed by atoms with Crippen LogP contribution in [-0.2, 0) is 11.2 Å². The first-order chi connectivity index (χ1) is 16.4. The lowest BCUT2D eigenvalue weighted by atomic mass is 10.1. The number of nitrogens with one attached hydrogen (secondary N) is 1. The topological polar surface area (TPSA) is 87.8 Å². The average Bonchev–Trinajstić information content (AvgIpc) is 2.81. The van der Waals surface area contributed by atoms with Crippen LogP contribution in [-0.4, -0.2) is 21.2 Å². The fourth-order valence-electron chi connectivity index (χ4n) is 3.55. The number of rotatable bonds is 6. The molecule has 0 saturated carbocycles.